The number of amides is 1. The van der Waals surface area contributed by atoms with Gasteiger partial charge in [-0.15, -0.1) is 0 Å². The van der Waals surface area contributed by atoms with E-state index in [0.29, 0.717) is 13.2 Å². The summed E-state index contributed by atoms with van der Waals surface area (Å²) >= 11 is 0. The molecule has 0 saturated carbocycles. The molecule has 0 fully saturated rings. The van der Waals surface area contributed by atoms with Crippen LogP contribution in [0, 0.1) is 6.92 Å². The maximum atomic E-state index is 11.9. The molecular weight excluding hydrogens is 256 g/mol. The van der Waals surface area contributed by atoms with E-state index in [1.807, 2.05) is 32.2 Å². The summed E-state index contributed by atoms with van der Waals surface area (Å²) in [6.07, 6.45) is 4.88. The van der Waals surface area contributed by atoms with E-state index in [-0.39, 0.29) is 6.09 Å². The van der Waals surface area contributed by atoms with Gasteiger partial charge in [0.1, 0.15) is 0 Å². The highest BCUT2D eigenvalue weighted by atomic mass is 16.6. The molecule has 0 unspecified atom stereocenters. The summed E-state index contributed by atoms with van der Waals surface area (Å²) in [4.78, 5) is 17.6. The second-order valence-electron chi connectivity index (χ2n) is 4.20. The molecule has 0 aliphatic carbocycles. The Morgan fingerprint density at radius 2 is 2.25 bits per heavy atom. The van der Waals surface area contributed by atoms with Crippen molar-refractivity contribution in [3.8, 4) is 5.69 Å². The maximum absolute atomic E-state index is 11.9. The number of hydrogen-bond donors (Lipinski definition) is 0. The predicted molar refractivity (Wildman–Crippen MR) is 76.1 cm³/mol. The average molecular weight is 274 g/mol. The number of anilines is 1. The van der Waals surface area contributed by atoms with Gasteiger partial charge in [0, 0.05) is 12.7 Å². The van der Waals surface area contributed by atoms with Crippen molar-refractivity contribution < 1.29 is 9.53 Å². The second-order valence-corrected chi connectivity index (χ2v) is 4.20. The van der Waals surface area contributed by atoms with E-state index in [1.165, 1.54) is 0 Å². The van der Waals surface area contributed by atoms with Gasteiger partial charge in [-0.2, -0.15) is 5.10 Å². The first-order valence-electron chi connectivity index (χ1n) is 6.58. The smallest absolute Gasteiger partial charge is 0.414 e. The largest absolute Gasteiger partial charge is 0.449 e. The summed E-state index contributed by atoms with van der Waals surface area (Å²) in [5.41, 5.74) is 2.36. The van der Waals surface area contributed by atoms with Crippen molar-refractivity contribution in [1.29, 1.82) is 0 Å². The summed E-state index contributed by atoms with van der Waals surface area (Å²) in [5.74, 6) is 0. The zero-order chi connectivity index (χ0) is 14.5. The predicted octanol–water partition coefficient (Wildman–Crippen LogP) is 2.56. The lowest BCUT2D eigenvalue weighted by molar-refractivity contribution is 0.160. The summed E-state index contributed by atoms with van der Waals surface area (Å²) in [5, 5.41) is 4.42. The Labute approximate surface area is 118 Å². The normalized spacial score (nSPS) is 10.3. The lowest BCUT2D eigenvalue weighted by atomic mass is 10.3. The van der Waals surface area contributed by atoms with Crippen molar-refractivity contribution >= 4 is 11.8 Å². The number of aromatic nitrogens is 3. The van der Waals surface area contributed by atoms with E-state index in [9.17, 15) is 4.79 Å². The number of pyridine rings is 1. The van der Waals surface area contributed by atoms with Gasteiger partial charge in [0.15, 0.2) is 0 Å². The van der Waals surface area contributed by atoms with Crippen molar-refractivity contribution in [1.82, 2.24) is 14.8 Å². The van der Waals surface area contributed by atoms with Gasteiger partial charge >= 0.3 is 6.09 Å². The quantitative estimate of drug-likeness (QED) is 0.859. The van der Waals surface area contributed by atoms with Crippen LogP contribution in [0.2, 0.25) is 0 Å². The van der Waals surface area contributed by atoms with Crippen LogP contribution in [-0.4, -0.2) is 34.0 Å². The Kier molecular flexibility index (Phi) is 4.34. The molecule has 0 N–H and O–H groups in total. The summed E-state index contributed by atoms with van der Waals surface area (Å²) in [6, 6.07) is 3.75. The molecule has 0 atom stereocenters. The number of rotatable bonds is 4. The minimum absolute atomic E-state index is 0.352. The fourth-order valence-corrected chi connectivity index (χ4v) is 1.94. The second kappa shape index (κ2) is 6.18. The van der Waals surface area contributed by atoms with Crippen LogP contribution in [0.3, 0.4) is 0 Å². The first-order chi connectivity index (χ1) is 9.67. The number of hydrogen-bond acceptors (Lipinski definition) is 4. The Morgan fingerprint density at radius 3 is 2.85 bits per heavy atom. The molecule has 2 aromatic rings. The third kappa shape index (κ3) is 2.79. The SMILES string of the molecule is CCOC(=O)N(CC)c1cn(-c2cccnc2)nc1C. The van der Waals surface area contributed by atoms with E-state index in [1.54, 1.807) is 28.9 Å². The number of carbonyl (C=O) groups is 1. The van der Waals surface area contributed by atoms with Crippen LogP contribution >= 0.6 is 0 Å². The molecule has 2 aromatic heterocycles. The molecule has 0 radical (unpaired) electrons. The molecule has 6 nitrogen and oxygen atoms in total. The lowest BCUT2D eigenvalue weighted by Gasteiger charge is -2.18. The van der Waals surface area contributed by atoms with Crippen LogP contribution in [0.1, 0.15) is 19.5 Å². The standard InChI is InChI=1S/C14H18N4O2/c1-4-17(14(19)20-5-2)13-10-18(16-11(13)3)12-7-6-8-15-9-12/h6-10H,4-5H2,1-3H3. The third-order valence-electron chi connectivity index (χ3n) is 2.88. The van der Waals surface area contributed by atoms with Crippen molar-refractivity contribution in [3.63, 3.8) is 0 Å². The Balaban J connectivity index is 2.33. The molecule has 2 rings (SSSR count). The summed E-state index contributed by atoms with van der Waals surface area (Å²) < 4.78 is 6.76. The van der Waals surface area contributed by atoms with Crippen LogP contribution in [0.4, 0.5) is 10.5 Å². The molecule has 6 heteroatoms. The molecule has 0 spiro atoms. The molecule has 0 saturated heterocycles. The fourth-order valence-electron chi connectivity index (χ4n) is 1.94. The van der Waals surface area contributed by atoms with Gasteiger partial charge in [0.05, 0.1) is 36.1 Å². The highest BCUT2D eigenvalue weighted by Gasteiger charge is 2.19. The van der Waals surface area contributed by atoms with Crippen molar-refractivity contribution in [3.05, 3.63) is 36.4 Å². The van der Waals surface area contributed by atoms with Crippen molar-refractivity contribution in [2.45, 2.75) is 20.8 Å². The topological polar surface area (TPSA) is 60.2 Å². The van der Waals surface area contributed by atoms with Crippen molar-refractivity contribution in [2.24, 2.45) is 0 Å². The first-order valence-corrected chi connectivity index (χ1v) is 6.58. The average Bonchev–Trinajstić information content (AvgIpc) is 2.83. The van der Waals surface area contributed by atoms with Crippen LogP contribution in [0.15, 0.2) is 30.7 Å². The van der Waals surface area contributed by atoms with Crippen LogP contribution < -0.4 is 4.90 Å². The highest BCUT2D eigenvalue weighted by molar-refractivity contribution is 5.88. The van der Waals surface area contributed by atoms with Gasteiger partial charge < -0.3 is 4.74 Å². The van der Waals surface area contributed by atoms with Gasteiger partial charge in [-0.1, -0.05) is 0 Å². The third-order valence-corrected chi connectivity index (χ3v) is 2.88. The van der Waals surface area contributed by atoms with E-state index in [2.05, 4.69) is 10.1 Å². The molecule has 1 amide bonds. The highest BCUT2D eigenvalue weighted by Crippen LogP contribution is 2.21. The summed E-state index contributed by atoms with van der Waals surface area (Å²) in [6.45, 7) is 6.43. The zero-order valence-electron chi connectivity index (χ0n) is 11.9. The van der Waals surface area contributed by atoms with Crippen LogP contribution in [-0.2, 0) is 4.74 Å². The Morgan fingerprint density at radius 1 is 1.45 bits per heavy atom. The van der Waals surface area contributed by atoms with Gasteiger partial charge in [-0.25, -0.2) is 9.48 Å². The monoisotopic (exact) mass is 274 g/mol. The van der Waals surface area contributed by atoms with E-state index >= 15 is 0 Å². The first kappa shape index (κ1) is 14.0. The molecule has 0 aliphatic rings. The zero-order valence-corrected chi connectivity index (χ0v) is 11.9. The molecular formula is C14H18N4O2. The van der Waals surface area contributed by atoms with Gasteiger partial charge in [-0.3, -0.25) is 9.88 Å². The molecule has 0 bridgehead atoms. The Bertz CT molecular complexity index is 580. The van der Waals surface area contributed by atoms with Crippen molar-refractivity contribution in [2.75, 3.05) is 18.1 Å². The maximum Gasteiger partial charge on any atom is 0.414 e. The van der Waals surface area contributed by atoms with E-state index < -0.39 is 0 Å². The molecule has 0 aliphatic heterocycles. The van der Waals surface area contributed by atoms with E-state index in [0.717, 1.165) is 17.1 Å². The van der Waals surface area contributed by atoms with E-state index in [4.69, 9.17) is 4.74 Å². The minimum atomic E-state index is -0.358. The molecule has 2 heterocycles. The molecule has 20 heavy (non-hydrogen) atoms. The minimum Gasteiger partial charge on any atom is -0.449 e. The number of nitrogens with zero attached hydrogens (tertiary/aromatic N) is 4. The van der Waals surface area contributed by atoms with Gasteiger partial charge in [0.25, 0.3) is 0 Å². The lowest BCUT2D eigenvalue weighted by Crippen LogP contribution is -2.31. The van der Waals surface area contributed by atoms with Gasteiger partial charge in [0.2, 0.25) is 0 Å². The van der Waals surface area contributed by atoms with Crippen LogP contribution in [0.25, 0.3) is 5.69 Å². The Hall–Kier alpha value is -2.37. The summed E-state index contributed by atoms with van der Waals surface area (Å²) in [7, 11) is 0. The molecule has 0 aromatic carbocycles. The van der Waals surface area contributed by atoms with Crippen LogP contribution in [0.5, 0.6) is 0 Å². The molecule has 106 valence electrons. The number of carbonyl (C=O) groups excluding carboxylic acids is 1. The van der Waals surface area contributed by atoms with Gasteiger partial charge in [-0.05, 0) is 32.9 Å². The number of aryl methyl sites for hydroxylation is 1. The fraction of sp³-hybridized carbons (Fsp3) is 0.357. The number of ether oxygens (including phenoxy) is 1.